The van der Waals surface area contributed by atoms with Crippen LogP contribution in [0.15, 0.2) is 11.2 Å². The van der Waals surface area contributed by atoms with Crippen LogP contribution in [0.1, 0.15) is 0 Å². The average molecular weight is 207 g/mol. The van der Waals surface area contributed by atoms with Crippen LogP contribution in [0, 0.1) is 0 Å². The summed E-state index contributed by atoms with van der Waals surface area (Å²) in [6.07, 6.45) is 1.18. The summed E-state index contributed by atoms with van der Waals surface area (Å²) in [6, 6.07) is 0. The Morgan fingerprint density at radius 2 is 2.10 bits per heavy atom. The number of nitrogens with one attached hydrogen (secondary N) is 2. The molecule has 0 fully saturated rings. The third-order valence-electron chi connectivity index (χ3n) is 0.671. The van der Waals surface area contributed by atoms with Crippen molar-refractivity contribution in [3.63, 3.8) is 0 Å². The molecule has 10 heavy (non-hydrogen) atoms. The summed E-state index contributed by atoms with van der Waals surface area (Å²) in [5.74, 6) is -0.353. The van der Waals surface area contributed by atoms with Crippen molar-refractivity contribution in [2.75, 3.05) is 0 Å². The molecule has 0 aromatic heterocycles. The van der Waals surface area contributed by atoms with Gasteiger partial charge in [0.1, 0.15) is 5.16 Å². The molecule has 2 N–H and O–H groups in total. The molecule has 0 saturated heterocycles. The molecule has 0 unspecified atom stereocenters. The van der Waals surface area contributed by atoms with Gasteiger partial charge in [0, 0.05) is 17.9 Å². The molecule has 0 aliphatic carbocycles. The number of hydrazine groups is 2. The van der Waals surface area contributed by atoms with Crippen LogP contribution >= 0.6 is 23.4 Å². The molecule has 1 aliphatic rings. The predicted molar refractivity (Wildman–Crippen MR) is 32.9 cm³/mol. The van der Waals surface area contributed by atoms with Crippen molar-refractivity contribution in [1.82, 2.24) is 15.5 Å². The standard InChI is InChI=1S/C3H3Cl2N3O.K/c4-2-1-3(9)7-8(5)6-2;/h1,6H,(H,7,9);/q;+1. The van der Waals surface area contributed by atoms with Gasteiger partial charge in [-0.3, -0.25) is 15.6 Å². The monoisotopic (exact) mass is 206 g/mol. The fourth-order valence-corrected chi connectivity index (χ4v) is 0.799. The van der Waals surface area contributed by atoms with Gasteiger partial charge in [0.15, 0.2) is 0 Å². The molecular weight excluding hydrogens is 204 g/mol. The van der Waals surface area contributed by atoms with Crippen LogP contribution in [-0.2, 0) is 4.79 Å². The van der Waals surface area contributed by atoms with E-state index in [1.807, 2.05) is 0 Å². The molecular formula is C3H3Cl2KN3O+. The fourth-order valence-electron chi connectivity index (χ4n) is 0.398. The summed E-state index contributed by atoms with van der Waals surface area (Å²) in [6.45, 7) is 0. The zero-order valence-corrected chi connectivity index (χ0v) is 9.82. The Kier molecular flexibility index (Phi) is 5.53. The summed E-state index contributed by atoms with van der Waals surface area (Å²) in [4.78, 5) is 10.4. The predicted octanol–water partition coefficient (Wildman–Crippen LogP) is -2.92. The van der Waals surface area contributed by atoms with Gasteiger partial charge in [0.2, 0.25) is 0 Å². The van der Waals surface area contributed by atoms with E-state index in [-0.39, 0.29) is 62.4 Å². The van der Waals surface area contributed by atoms with Crippen LogP contribution in [0.4, 0.5) is 0 Å². The maximum atomic E-state index is 10.4. The molecule has 0 radical (unpaired) electrons. The van der Waals surface area contributed by atoms with Gasteiger partial charge in [-0.15, -0.1) is 0 Å². The summed E-state index contributed by atoms with van der Waals surface area (Å²) in [5.41, 5.74) is 4.60. The van der Waals surface area contributed by atoms with Crippen LogP contribution in [0.25, 0.3) is 0 Å². The van der Waals surface area contributed by atoms with E-state index in [4.69, 9.17) is 23.4 Å². The van der Waals surface area contributed by atoms with E-state index in [1.165, 1.54) is 6.08 Å². The number of hydrogen-bond acceptors (Lipinski definition) is 3. The summed E-state index contributed by atoms with van der Waals surface area (Å²) in [7, 11) is 0. The summed E-state index contributed by atoms with van der Waals surface area (Å²) < 4.78 is 0.852. The minimum absolute atomic E-state index is 0. The molecule has 1 amide bonds. The maximum Gasteiger partial charge on any atom is 1.00 e. The number of hydrogen-bond donors (Lipinski definition) is 2. The molecule has 0 aromatic carbocycles. The van der Waals surface area contributed by atoms with E-state index in [1.54, 1.807) is 0 Å². The Morgan fingerprint density at radius 1 is 1.50 bits per heavy atom. The second-order valence-electron chi connectivity index (χ2n) is 1.36. The van der Waals surface area contributed by atoms with Crippen molar-refractivity contribution in [1.29, 1.82) is 0 Å². The topological polar surface area (TPSA) is 44.4 Å². The van der Waals surface area contributed by atoms with E-state index in [9.17, 15) is 4.79 Å². The first-order chi connectivity index (χ1) is 4.18. The van der Waals surface area contributed by atoms with Gasteiger partial charge in [0.05, 0.1) is 0 Å². The molecule has 1 rings (SSSR count). The van der Waals surface area contributed by atoms with Gasteiger partial charge in [-0.25, -0.2) is 0 Å². The van der Waals surface area contributed by atoms with Gasteiger partial charge in [-0.05, 0) is 4.64 Å². The largest absolute Gasteiger partial charge is 1.00 e. The summed E-state index contributed by atoms with van der Waals surface area (Å²) >= 11 is 10.6. The maximum absolute atomic E-state index is 10.4. The third-order valence-corrected chi connectivity index (χ3v) is 1.03. The van der Waals surface area contributed by atoms with E-state index in [0.29, 0.717) is 0 Å². The van der Waals surface area contributed by atoms with Crippen molar-refractivity contribution in [3.8, 4) is 0 Å². The normalized spacial score (nSPS) is 18.2. The van der Waals surface area contributed by atoms with Gasteiger partial charge >= 0.3 is 51.4 Å². The van der Waals surface area contributed by atoms with Crippen LogP contribution < -0.4 is 62.2 Å². The molecule has 0 aromatic rings. The number of rotatable bonds is 0. The minimum atomic E-state index is -0.353. The molecule has 0 bridgehead atoms. The molecule has 4 nitrogen and oxygen atoms in total. The average Bonchev–Trinajstić information content (AvgIpc) is 1.59. The Labute approximate surface area is 110 Å². The number of halogens is 2. The zero-order chi connectivity index (χ0) is 6.85. The van der Waals surface area contributed by atoms with E-state index >= 15 is 0 Å². The van der Waals surface area contributed by atoms with Crippen molar-refractivity contribution < 1.29 is 56.2 Å². The van der Waals surface area contributed by atoms with Crippen molar-refractivity contribution >= 4 is 29.3 Å². The van der Waals surface area contributed by atoms with Crippen LogP contribution in [0.2, 0.25) is 0 Å². The minimum Gasteiger partial charge on any atom is -0.276 e. The molecule has 50 valence electrons. The molecule has 0 atom stereocenters. The number of amides is 1. The number of carbonyl (C=O) groups is 1. The van der Waals surface area contributed by atoms with E-state index < -0.39 is 0 Å². The van der Waals surface area contributed by atoms with Crippen molar-refractivity contribution in [2.24, 2.45) is 0 Å². The molecule has 0 saturated carbocycles. The van der Waals surface area contributed by atoms with Crippen molar-refractivity contribution in [3.05, 3.63) is 11.2 Å². The third kappa shape index (κ3) is 3.54. The fraction of sp³-hybridized carbons (Fsp3) is 0. The SMILES string of the molecule is O=C1C=C(Cl)NN(Cl)N1.[K+]. The van der Waals surface area contributed by atoms with Gasteiger partial charge in [0.25, 0.3) is 5.91 Å². The first kappa shape index (κ1) is 11.2. The summed E-state index contributed by atoms with van der Waals surface area (Å²) in [5, 5.41) is 0.189. The Bertz CT molecular complexity index is 173. The first-order valence-electron chi connectivity index (χ1n) is 2.09. The van der Waals surface area contributed by atoms with Crippen LogP contribution in [-0.4, -0.2) is 10.5 Å². The Balaban J connectivity index is 0.000000810. The van der Waals surface area contributed by atoms with Crippen LogP contribution in [0.5, 0.6) is 0 Å². The molecule has 0 spiro atoms. The molecule has 1 heterocycles. The zero-order valence-electron chi connectivity index (χ0n) is 5.19. The second-order valence-corrected chi connectivity index (χ2v) is 2.11. The quantitative estimate of drug-likeness (QED) is 0.254. The van der Waals surface area contributed by atoms with E-state index in [0.717, 1.165) is 4.64 Å². The Morgan fingerprint density at radius 3 is 2.50 bits per heavy atom. The van der Waals surface area contributed by atoms with E-state index in [2.05, 4.69) is 10.9 Å². The number of nitrogens with zero attached hydrogens (tertiary/aromatic N) is 1. The van der Waals surface area contributed by atoms with Gasteiger partial charge < -0.3 is 0 Å². The number of carbonyl (C=O) groups excluding carboxylic acids is 1. The van der Waals surface area contributed by atoms with Gasteiger partial charge in [-0.2, -0.15) is 0 Å². The van der Waals surface area contributed by atoms with Gasteiger partial charge in [-0.1, -0.05) is 11.6 Å². The smallest absolute Gasteiger partial charge is 0.276 e. The first-order valence-corrected chi connectivity index (χ1v) is 2.80. The Hall–Kier alpha value is 1.19. The molecule has 1 aliphatic heterocycles. The second kappa shape index (κ2) is 4.94. The van der Waals surface area contributed by atoms with Crippen molar-refractivity contribution in [2.45, 2.75) is 0 Å². The molecule has 7 heteroatoms. The van der Waals surface area contributed by atoms with Crippen LogP contribution in [0.3, 0.4) is 0 Å².